The molecule has 2 aromatic carbocycles. The van der Waals surface area contributed by atoms with Gasteiger partial charge >= 0.3 is 0 Å². The van der Waals surface area contributed by atoms with Gasteiger partial charge < -0.3 is 5.32 Å². The van der Waals surface area contributed by atoms with Crippen molar-refractivity contribution in [2.24, 2.45) is 0 Å². The van der Waals surface area contributed by atoms with Crippen molar-refractivity contribution in [1.82, 2.24) is 5.32 Å². The van der Waals surface area contributed by atoms with Gasteiger partial charge in [-0.25, -0.2) is 0 Å². The summed E-state index contributed by atoms with van der Waals surface area (Å²) >= 11 is 16.9. The van der Waals surface area contributed by atoms with Crippen LogP contribution in [0, 0.1) is 6.92 Å². The third-order valence-electron chi connectivity index (χ3n) is 2.76. The number of halogens is 2. The van der Waals surface area contributed by atoms with Crippen molar-refractivity contribution < 1.29 is 4.79 Å². The first-order valence-electron chi connectivity index (χ1n) is 6.10. The van der Waals surface area contributed by atoms with Crippen LogP contribution in [-0.2, 0) is 0 Å². The van der Waals surface area contributed by atoms with Crippen LogP contribution in [0.4, 0.5) is 5.69 Å². The quantitative estimate of drug-likeness (QED) is 0.796. The summed E-state index contributed by atoms with van der Waals surface area (Å²) in [5.41, 5.74) is 2.16. The lowest BCUT2D eigenvalue weighted by Crippen LogP contribution is -2.34. The number of benzene rings is 2. The first kappa shape index (κ1) is 15.8. The van der Waals surface area contributed by atoms with Gasteiger partial charge in [0.05, 0.1) is 0 Å². The van der Waals surface area contributed by atoms with Gasteiger partial charge in [-0.3, -0.25) is 10.1 Å². The lowest BCUT2D eigenvalue weighted by atomic mass is 10.2. The van der Waals surface area contributed by atoms with Crippen LogP contribution in [0.25, 0.3) is 0 Å². The molecule has 0 aliphatic heterocycles. The molecular weight excluding hydrogens is 327 g/mol. The number of nitrogens with one attached hydrogen (secondary N) is 2. The van der Waals surface area contributed by atoms with Crippen LogP contribution < -0.4 is 10.6 Å². The fourth-order valence-electron chi connectivity index (χ4n) is 1.69. The van der Waals surface area contributed by atoms with E-state index >= 15 is 0 Å². The summed E-state index contributed by atoms with van der Waals surface area (Å²) in [7, 11) is 0. The van der Waals surface area contributed by atoms with E-state index in [2.05, 4.69) is 10.6 Å². The second-order valence-corrected chi connectivity index (χ2v) is 5.66. The summed E-state index contributed by atoms with van der Waals surface area (Å²) in [6, 6.07) is 12.0. The van der Waals surface area contributed by atoms with E-state index in [1.165, 1.54) is 0 Å². The first-order valence-corrected chi connectivity index (χ1v) is 7.26. The van der Waals surface area contributed by atoms with Crippen molar-refractivity contribution in [3.63, 3.8) is 0 Å². The summed E-state index contributed by atoms with van der Waals surface area (Å²) in [5.74, 6) is -0.324. The van der Waals surface area contributed by atoms with Gasteiger partial charge in [-0.1, -0.05) is 35.3 Å². The molecule has 0 radical (unpaired) electrons. The van der Waals surface area contributed by atoms with E-state index < -0.39 is 0 Å². The molecule has 0 saturated heterocycles. The Kier molecular flexibility index (Phi) is 5.17. The largest absolute Gasteiger partial charge is 0.332 e. The predicted octanol–water partition coefficient (Wildman–Crippen LogP) is 4.43. The van der Waals surface area contributed by atoms with E-state index in [0.29, 0.717) is 15.6 Å². The maximum absolute atomic E-state index is 12.0. The molecule has 3 nitrogen and oxygen atoms in total. The maximum atomic E-state index is 12.0. The van der Waals surface area contributed by atoms with Gasteiger partial charge in [-0.15, -0.1) is 0 Å². The number of carbonyl (C=O) groups excluding carboxylic acids is 1. The Hall–Kier alpha value is -1.62. The van der Waals surface area contributed by atoms with Crippen LogP contribution in [0.1, 0.15) is 15.9 Å². The fraction of sp³-hybridized carbons (Fsp3) is 0.0667. The molecule has 0 unspecified atom stereocenters. The molecule has 2 rings (SSSR count). The summed E-state index contributed by atoms with van der Waals surface area (Å²) in [6.45, 7) is 1.92. The summed E-state index contributed by atoms with van der Waals surface area (Å²) < 4.78 is 0. The Balaban J connectivity index is 2.05. The molecule has 0 aromatic heterocycles. The highest BCUT2D eigenvalue weighted by Crippen LogP contribution is 2.20. The van der Waals surface area contributed by atoms with E-state index in [1.54, 1.807) is 36.4 Å². The number of amides is 1. The third kappa shape index (κ3) is 4.43. The van der Waals surface area contributed by atoms with E-state index in [0.717, 1.165) is 11.3 Å². The van der Waals surface area contributed by atoms with Crippen LogP contribution in [0.15, 0.2) is 42.5 Å². The Morgan fingerprint density at radius 1 is 1.10 bits per heavy atom. The SMILES string of the molecule is Cc1ccc(Cl)cc1NC(=S)NC(=O)c1cccc(Cl)c1. The average Bonchev–Trinajstić information content (AvgIpc) is 2.42. The first-order chi connectivity index (χ1) is 9.95. The smallest absolute Gasteiger partial charge is 0.257 e. The number of carbonyl (C=O) groups is 1. The van der Waals surface area contributed by atoms with Gasteiger partial charge in [0.1, 0.15) is 0 Å². The zero-order valence-electron chi connectivity index (χ0n) is 11.1. The van der Waals surface area contributed by atoms with Crippen molar-refractivity contribution in [2.75, 3.05) is 5.32 Å². The molecular formula is C15H12Cl2N2OS. The van der Waals surface area contributed by atoms with Crippen LogP contribution in [0.2, 0.25) is 10.0 Å². The van der Waals surface area contributed by atoms with Gasteiger partial charge in [0, 0.05) is 21.3 Å². The molecule has 0 heterocycles. The highest BCUT2D eigenvalue weighted by Gasteiger charge is 2.09. The summed E-state index contributed by atoms with van der Waals surface area (Å²) in [4.78, 5) is 12.0. The Labute approximate surface area is 138 Å². The molecule has 1 amide bonds. The predicted molar refractivity (Wildman–Crippen MR) is 91.3 cm³/mol. The topological polar surface area (TPSA) is 41.1 Å². The number of hydrogen-bond donors (Lipinski definition) is 2. The van der Waals surface area contributed by atoms with Crippen molar-refractivity contribution >= 4 is 52.1 Å². The third-order valence-corrected chi connectivity index (χ3v) is 3.44. The van der Waals surface area contributed by atoms with Gasteiger partial charge in [-0.2, -0.15) is 0 Å². The van der Waals surface area contributed by atoms with Crippen LogP contribution in [0.5, 0.6) is 0 Å². The van der Waals surface area contributed by atoms with E-state index in [4.69, 9.17) is 35.4 Å². The molecule has 21 heavy (non-hydrogen) atoms. The number of rotatable bonds is 2. The van der Waals surface area contributed by atoms with E-state index in [-0.39, 0.29) is 11.0 Å². The molecule has 0 aliphatic carbocycles. The monoisotopic (exact) mass is 338 g/mol. The Morgan fingerprint density at radius 2 is 1.81 bits per heavy atom. The zero-order valence-corrected chi connectivity index (χ0v) is 13.4. The Bertz CT molecular complexity index is 704. The van der Waals surface area contributed by atoms with E-state index in [9.17, 15) is 4.79 Å². The molecule has 0 aliphatic rings. The number of hydrogen-bond acceptors (Lipinski definition) is 2. The molecule has 0 saturated carbocycles. The van der Waals surface area contributed by atoms with Gasteiger partial charge in [-0.05, 0) is 55.0 Å². The van der Waals surface area contributed by atoms with Crippen molar-refractivity contribution in [3.8, 4) is 0 Å². The van der Waals surface area contributed by atoms with Crippen molar-refractivity contribution in [1.29, 1.82) is 0 Å². The molecule has 108 valence electrons. The summed E-state index contributed by atoms with van der Waals surface area (Å²) in [6.07, 6.45) is 0. The van der Waals surface area contributed by atoms with Gasteiger partial charge in [0.2, 0.25) is 0 Å². The molecule has 0 spiro atoms. The molecule has 0 atom stereocenters. The lowest BCUT2D eigenvalue weighted by Gasteiger charge is -2.12. The highest BCUT2D eigenvalue weighted by atomic mass is 35.5. The van der Waals surface area contributed by atoms with Crippen LogP contribution in [0.3, 0.4) is 0 Å². The molecule has 2 aromatic rings. The second kappa shape index (κ2) is 6.89. The maximum Gasteiger partial charge on any atom is 0.257 e. The van der Waals surface area contributed by atoms with Crippen molar-refractivity contribution in [3.05, 3.63) is 63.6 Å². The number of thiocarbonyl (C=S) groups is 1. The standard InChI is InChI=1S/C15H12Cl2N2OS/c1-9-5-6-12(17)8-13(9)18-15(21)19-14(20)10-3-2-4-11(16)7-10/h2-8H,1H3,(H2,18,19,20,21). The number of anilines is 1. The lowest BCUT2D eigenvalue weighted by molar-refractivity contribution is 0.0977. The zero-order chi connectivity index (χ0) is 15.4. The molecule has 0 bridgehead atoms. The van der Waals surface area contributed by atoms with Crippen LogP contribution >= 0.6 is 35.4 Å². The second-order valence-electron chi connectivity index (χ2n) is 4.38. The molecule has 6 heteroatoms. The summed E-state index contributed by atoms with van der Waals surface area (Å²) in [5, 5.41) is 6.83. The molecule has 0 fully saturated rings. The minimum absolute atomic E-state index is 0.199. The minimum atomic E-state index is -0.324. The van der Waals surface area contributed by atoms with E-state index in [1.807, 2.05) is 13.0 Å². The number of aryl methyl sites for hydroxylation is 1. The fourth-order valence-corrected chi connectivity index (χ4v) is 2.25. The van der Waals surface area contributed by atoms with Crippen molar-refractivity contribution in [2.45, 2.75) is 6.92 Å². The van der Waals surface area contributed by atoms with Gasteiger partial charge in [0.25, 0.3) is 5.91 Å². The Morgan fingerprint density at radius 3 is 2.52 bits per heavy atom. The van der Waals surface area contributed by atoms with Crippen LogP contribution in [-0.4, -0.2) is 11.0 Å². The average molecular weight is 339 g/mol. The molecule has 2 N–H and O–H groups in total. The normalized spacial score (nSPS) is 10.0. The van der Waals surface area contributed by atoms with Gasteiger partial charge in [0.15, 0.2) is 5.11 Å². The minimum Gasteiger partial charge on any atom is -0.332 e. The highest BCUT2D eigenvalue weighted by molar-refractivity contribution is 7.80.